The molecule has 9 heavy (non-hydrogen) atoms. The maximum atomic E-state index is 10.5. The van der Waals surface area contributed by atoms with Gasteiger partial charge in [0.25, 0.3) is 0 Å². The van der Waals surface area contributed by atoms with E-state index in [1.807, 2.05) is 0 Å². The zero-order valence-corrected chi connectivity index (χ0v) is 5.73. The second-order valence-corrected chi connectivity index (χ2v) is 3.07. The Morgan fingerprint density at radius 3 is 2.11 bits per heavy atom. The lowest BCUT2D eigenvalue weighted by Gasteiger charge is -2.30. The fourth-order valence-corrected chi connectivity index (χ4v) is 1.40. The van der Waals surface area contributed by atoms with Crippen LogP contribution in [0.3, 0.4) is 0 Å². The van der Waals surface area contributed by atoms with Gasteiger partial charge < -0.3 is 5.73 Å². The van der Waals surface area contributed by atoms with Gasteiger partial charge in [-0.05, 0) is 12.8 Å². The lowest BCUT2D eigenvalue weighted by Crippen LogP contribution is -2.44. The van der Waals surface area contributed by atoms with E-state index in [1.165, 1.54) is 6.42 Å². The molecule has 0 aromatic carbocycles. The van der Waals surface area contributed by atoms with Crippen LogP contribution in [0.2, 0.25) is 0 Å². The van der Waals surface area contributed by atoms with Gasteiger partial charge in [-0.2, -0.15) is 0 Å². The molecule has 1 saturated carbocycles. The summed E-state index contributed by atoms with van der Waals surface area (Å²) >= 11 is 0. The van der Waals surface area contributed by atoms with Crippen molar-refractivity contribution >= 4 is 0 Å². The van der Waals surface area contributed by atoms with E-state index in [2.05, 4.69) is 0 Å². The first-order valence-corrected chi connectivity index (χ1v) is 3.64. The highest BCUT2D eigenvalue weighted by Gasteiger charge is 2.26. The molecule has 0 aromatic rings. The highest BCUT2D eigenvalue weighted by atomic mass is 16.3. The van der Waals surface area contributed by atoms with Crippen LogP contribution in [0.4, 0.5) is 0 Å². The molecule has 0 bridgehead atoms. The first-order chi connectivity index (χ1) is 4.27. The molecule has 1 aliphatic rings. The highest BCUT2D eigenvalue weighted by Crippen LogP contribution is 2.24. The third-order valence-corrected chi connectivity index (χ3v) is 2.14. The predicted molar refractivity (Wildman–Crippen MR) is 35.6 cm³/mol. The zero-order valence-electron chi connectivity index (χ0n) is 5.73. The van der Waals surface area contributed by atoms with Gasteiger partial charge in [0.1, 0.15) is 6.61 Å². The molecule has 1 radical (unpaired) electrons. The van der Waals surface area contributed by atoms with Crippen LogP contribution in [0.5, 0.6) is 0 Å². The van der Waals surface area contributed by atoms with E-state index in [0.29, 0.717) is 0 Å². The average molecular weight is 128 g/mol. The summed E-state index contributed by atoms with van der Waals surface area (Å²) < 4.78 is 0. The van der Waals surface area contributed by atoms with Crippen molar-refractivity contribution in [1.82, 2.24) is 0 Å². The summed E-state index contributed by atoms with van der Waals surface area (Å²) in [6, 6.07) is 0. The van der Waals surface area contributed by atoms with Crippen molar-refractivity contribution < 1.29 is 5.11 Å². The van der Waals surface area contributed by atoms with E-state index >= 15 is 0 Å². The van der Waals surface area contributed by atoms with E-state index in [4.69, 9.17) is 5.73 Å². The van der Waals surface area contributed by atoms with Crippen LogP contribution in [-0.4, -0.2) is 12.1 Å². The molecule has 1 fully saturated rings. The van der Waals surface area contributed by atoms with Crippen molar-refractivity contribution in [3.8, 4) is 0 Å². The Bertz CT molecular complexity index is 86.9. The standard InChI is InChI=1S/C7H14NO/c8-7(6-9)4-2-1-3-5-7/h1-6,8H2. The fourth-order valence-electron chi connectivity index (χ4n) is 1.40. The van der Waals surface area contributed by atoms with Crippen LogP contribution in [-0.2, 0) is 5.11 Å². The summed E-state index contributed by atoms with van der Waals surface area (Å²) in [6.07, 6.45) is 5.45. The molecule has 53 valence electrons. The van der Waals surface area contributed by atoms with Crippen molar-refractivity contribution in [3.05, 3.63) is 0 Å². The molecule has 0 amide bonds. The molecule has 0 aliphatic heterocycles. The van der Waals surface area contributed by atoms with Crippen molar-refractivity contribution in [2.45, 2.75) is 37.6 Å². The second kappa shape index (κ2) is 2.67. The van der Waals surface area contributed by atoms with E-state index in [9.17, 15) is 5.11 Å². The topological polar surface area (TPSA) is 45.9 Å². The Morgan fingerprint density at radius 2 is 1.78 bits per heavy atom. The summed E-state index contributed by atoms with van der Waals surface area (Å²) in [7, 11) is 0. The minimum Gasteiger partial charge on any atom is -0.323 e. The van der Waals surface area contributed by atoms with Gasteiger partial charge in [-0.25, -0.2) is 5.11 Å². The van der Waals surface area contributed by atoms with E-state index in [-0.39, 0.29) is 12.1 Å². The van der Waals surface area contributed by atoms with Gasteiger partial charge in [-0.3, -0.25) is 0 Å². The van der Waals surface area contributed by atoms with E-state index in [1.54, 1.807) is 0 Å². The summed E-state index contributed by atoms with van der Waals surface area (Å²) in [6.45, 7) is -0.0903. The SMILES string of the molecule is NC1(C[O])CCCCC1. The largest absolute Gasteiger partial charge is 0.323 e. The Labute approximate surface area is 56.1 Å². The quantitative estimate of drug-likeness (QED) is 0.564. The first-order valence-electron chi connectivity index (χ1n) is 3.64. The average Bonchev–Trinajstić information content (AvgIpc) is 1.90. The normalized spacial score (nSPS) is 26.0. The highest BCUT2D eigenvalue weighted by molar-refractivity contribution is 4.85. The van der Waals surface area contributed by atoms with Crippen LogP contribution in [0, 0.1) is 0 Å². The lowest BCUT2D eigenvalue weighted by molar-refractivity contribution is 0.0978. The van der Waals surface area contributed by atoms with Gasteiger partial charge in [0, 0.05) is 5.54 Å². The number of hydrogen-bond acceptors (Lipinski definition) is 1. The Morgan fingerprint density at radius 1 is 1.22 bits per heavy atom. The maximum absolute atomic E-state index is 10.5. The number of nitrogens with two attached hydrogens (primary N) is 1. The van der Waals surface area contributed by atoms with Gasteiger partial charge in [0.2, 0.25) is 0 Å². The Kier molecular flexibility index (Phi) is 2.09. The molecular formula is C7H14NO. The Balaban J connectivity index is 2.37. The molecule has 0 spiro atoms. The molecule has 1 rings (SSSR count). The van der Waals surface area contributed by atoms with Crippen LogP contribution in [0.15, 0.2) is 0 Å². The van der Waals surface area contributed by atoms with Crippen molar-refractivity contribution in [2.24, 2.45) is 5.73 Å². The summed E-state index contributed by atoms with van der Waals surface area (Å²) in [4.78, 5) is 0. The second-order valence-electron chi connectivity index (χ2n) is 3.07. The van der Waals surface area contributed by atoms with Gasteiger partial charge in [-0.15, -0.1) is 0 Å². The van der Waals surface area contributed by atoms with Gasteiger partial charge in [-0.1, -0.05) is 19.3 Å². The van der Waals surface area contributed by atoms with Gasteiger partial charge >= 0.3 is 0 Å². The molecule has 0 saturated heterocycles. The van der Waals surface area contributed by atoms with Crippen molar-refractivity contribution in [3.63, 3.8) is 0 Å². The molecule has 0 unspecified atom stereocenters. The minimum atomic E-state index is -0.335. The van der Waals surface area contributed by atoms with Gasteiger partial charge in [0.05, 0.1) is 0 Å². The van der Waals surface area contributed by atoms with E-state index < -0.39 is 0 Å². The van der Waals surface area contributed by atoms with Crippen LogP contribution >= 0.6 is 0 Å². The minimum absolute atomic E-state index is 0.0903. The van der Waals surface area contributed by atoms with Crippen LogP contribution in [0.25, 0.3) is 0 Å². The third-order valence-electron chi connectivity index (χ3n) is 2.14. The summed E-state index contributed by atoms with van der Waals surface area (Å²) in [5, 5.41) is 10.5. The molecule has 0 aromatic heterocycles. The van der Waals surface area contributed by atoms with Crippen LogP contribution < -0.4 is 5.73 Å². The van der Waals surface area contributed by atoms with Gasteiger partial charge in [0.15, 0.2) is 0 Å². The third kappa shape index (κ3) is 1.66. The number of hydrogen-bond donors (Lipinski definition) is 1. The first kappa shape index (κ1) is 7.03. The molecule has 2 N–H and O–H groups in total. The molecule has 0 heterocycles. The number of rotatable bonds is 1. The summed E-state index contributed by atoms with van der Waals surface area (Å²) in [5.74, 6) is 0. The predicted octanol–water partition coefficient (Wildman–Crippen LogP) is 1.08. The smallest absolute Gasteiger partial charge is 0.100 e. The van der Waals surface area contributed by atoms with E-state index in [0.717, 1.165) is 25.7 Å². The monoisotopic (exact) mass is 128 g/mol. The molecular weight excluding hydrogens is 114 g/mol. The molecule has 2 heteroatoms. The lowest BCUT2D eigenvalue weighted by atomic mass is 9.83. The summed E-state index contributed by atoms with van der Waals surface area (Å²) in [5.41, 5.74) is 5.41. The fraction of sp³-hybridized carbons (Fsp3) is 1.00. The molecule has 2 nitrogen and oxygen atoms in total. The van der Waals surface area contributed by atoms with Crippen molar-refractivity contribution in [1.29, 1.82) is 0 Å². The molecule has 0 atom stereocenters. The maximum Gasteiger partial charge on any atom is 0.100 e. The molecule has 1 aliphatic carbocycles. The zero-order chi connectivity index (χ0) is 6.74. The Hall–Kier alpha value is -0.0800. The van der Waals surface area contributed by atoms with Crippen LogP contribution in [0.1, 0.15) is 32.1 Å². The van der Waals surface area contributed by atoms with Crippen molar-refractivity contribution in [2.75, 3.05) is 6.61 Å².